The number of rotatable bonds is 5. The maximum atomic E-state index is 11.0. The quantitative estimate of drug-likeness (QED) is 0.637. The molecule has 1 N–H and O–H groups in total. The van der Waals surface area contributed by atoms with Gasteiger partial charge in [0.1, 0.15) is 11.9 Å². The zero-order chi connectivity index (χ0) is 14.5. The molecule has 6 heteroatoms. The van der Waals surface area contributed by atoms with E-state index in [4.69, 9.17) is 0 Å². The van der Waals surface area contributed by atoms with Crippen LogP contribution in [-0.4, -0.2) is 16.5 Å². The van der Waals surface area contributed by atoms with Gasteiger partial charge in [-0.25, -0.2) is 0 Å². The number of nitro groups is 1. The van der Waals surface area contributed by atoms with E-state index in [2.05, 4.69) is 33.2 Å². The Hall–Kier alpha value is -1.17. The highest BCUT2D eigenvalue weighted by molar-refractivity contribution is 9.10. The minimum Gasteiger partial charge on any atom is -0.378 e. The highest BCUT2D eigenvalue weighted by atomic mass is 79.9. The zero-order valence-corrected chi connectivity index (χ0v) is 13.2. The number of nitrogens with one attached hydrogen (secondary N) is 1. The standard InChI is InChI=1S/C14H20BrN3O2/c1-10-3-2-4-11(7-10)5-6-17-14-12(15)8-16-9-13(14)18(19)20/h8-11H,2-7H2,1H3,(H,16,17). The second-order valence-corrected chi connectivity index (χ2v) is 6.48. The van der Waals surface area contributed by atoms with Crippen LogP contribution in [0, 0.1) is 22.0 Å². The van der Waals surface area contributed by atoms with Gasteiger partial charge >= 0.3 is 5.69 Å². The summed E-state index contributed by atoms with van der Waals surface area (Å²) < 4.78 is 0.642. The molecule has 1 saturated carbocycles. The van der Waals surface area contributed by atoms with Gasteiger partial charge in [-0.15, -0.1) is 0 Å². The van der Waals surface area contributed by atoms with E-state index in [-0.39, 0.29) is 5.69 Å². The van der Waals surface area contributed by atoms with Crippen molar-refractivity contribution in [1.82, 2.24) is 4.98 Å². The summed E-state index contributed by atoms with van der Waals surface area (Å²) in [5.74, 6) is 1.56. The molecule has 1 aromatic rings. The first-order chi connectivity index (χ1) is 9.58. The zero-order valence-electron chi connectivity index (χ0n) is 11.6. The minimum absolute atomic E-state index is 0.0244. The van der Waals surface area contributed by atoms with E-state index in [0.717, 1.165) is 24.8 Å². The third-order valence-electron chi connectivity index (χ3n) is 3.98. The summed E-state index contributed by atoms with van der Waals surface area (Å²) in [6.45, 7) is 3.07. The second kappa shape index (κ2) is 7.02. The van der Waals surface area contributed by atoms with Gasteiger partial charge in [0.25, 0.3) is 0 Å². The lowest BCUT2D eigenvalue weighted by molar-refractivity contribution is -0.384. The lowest BCUT2D eigenvalue weighted by atomic mass is 9.81. The topological polar surface area (TPSA) is 68.1 Å². The molecule has 1 aliphatic rings. The van der Waals surface area contributed by atoms with Crippen molar-refractivity contribution in [2.45, 2.75) is 39.0 Å². The molecule has 0 radical (unpaired) electrons. The van der Waals surface area contributed by atoms with Crippen molar-refractivity contribution in [3.63, 3.8) is 0 Å². The van der Waals surface area contributed by atoms with E-state index in [9.17, 15) is 10.1 Å². The van der Waals surface area contributed by atoms with Crippen LogP contribution in [0.3, 0.4) is 0 Å². The van der Waals surface area contributed by atoms with E-state index < -0.39 is 4.92 Å². The van der Waals surface area contributed by atoms with Gasteiger partial charge in [0.15, 0.2) is 0 Å². The highest BCUT2D eigenvalue weighted by Crippen LogP contribution is 2.33. The number of hydrogen-bond acceptors (Lipinski definition) is 4. The fourth-order valence-corrected chi connectivity index (χ4v) is 3.42. The smallest absolute Gasteiger partial charge is 0.311 e. The van der Waals surface area contributed by atoms with Gasteiger partial charge in [0, 0.05) is 12.7 Å². The first kappa shape index (κ1) is 15.2. The lowest BCUT2D eigenvalue weighted by Gasteiger charge is -2.26. The molecule has 0 saturated heterocycles. The Kier molecular flexibility index (Phi) is 5.34. The molecule has 2 rings (SSSR count). The predicted octanol–water partition coefficient (Wildman–Crippen LogP) is 4.38. The summed E-state index contributed by atoms with van der Waals surface area (Å²) in [6, 6.07) is 0. The largest absolute Gasteiger partial charge is 0.378 e. The molecule has 0 aliphatic heterocycles. The van der Waals surface area contributed by atoms with E-state index >= 15 is 0 Å². The van der Waals surface area contributed by atoms with Gasteiger partial charge < -0.3 is 5.32 Å². The van der Waals surface area contributed by atoms with E-state index in [1.54, 1.807) is 6.20 Å². The average Bonchev–Trinajstić information content (AvgIpc) is 2.40. The average molecular weight is 342 g/mol. The number of anilines is 1. The summed E-state index contributed by atoms with van der Waals surface area (Å²) in [4.78, 5) is 14.4. The molecular weight excluding hydrogens is 322 g/mol. The van der Waals surface area contributed by atoms with Crippen LogP contribution in [0.2, 0.25) is 0 Å². The molecule has 1 fully saturated rings. The number of halogens is 1. The molecular formula is C14H20BrN3O2. The number of hydrogen-bond donors (Lipinski definition) is 1. The van der Waals surface area contributed by atoms with Gasteiger partial charge in [-0.05, 0) is 40.6 Å². The van der Waals surface area contributed by atoms with Crippen molar-refractivity contribution in [3.8, 4) is 0 Å². The third kappa shape index (κ3) is 3.91. The van der Waals surface area contributed by atoms with E-state index in [1.807, 2.05) is 0 Å². The van der Waals surface area contributed by atoms with Crippen molar-refractivity contribution in [1.29, 1.82) is 0 Å². The first-order valence-corrected chi connectivity index (χ1v) is 7.89. The monoisotopic (exact) mass is 341 g/mol. The summed E-state index contributed by atoms with van der Waals surface area (Å²) in [5, 5.41) is 14.2. The van der Waals surface area contributed by atoms with Crippen LogP contribution in [0.25, 0.3) is 0 Å². The number of aromatic nitrogens is 1. The first-order valence-electron chi connectivity index (χ1n) is 7.09. The Morgan fingerprint density at radius 3 is 3.00 bits per heavy atom. The molecule has 2 unspecified atom stereocenters. The summed E-state index contributed by atoms with van der Waals surface area (Å²) in [5.41, 5.74) is 0.560. The lowest BCUT2D eigenvalue weighted by Crippen LogP contribution is -2.17. The fraction of sp³-hybridized carbons (Fsp3) is 0.643. The normalized spacial score (nSPS) is 22.5. The van der Waals surface area contributed by atoms with Crippen molar-refractivity contribution in [2.24, 2.45) is 11.8 Å². The van der Waals surface area contributed by atoms with Crippen LogP contribution in [0.1, 0.15) is 39.0 Å². The Bertz CT molecular complexity index is 481. The van der Waals surface area contributed by atoms with E-state index in [1.165, 1.54) is 31.9 Å². The summed E-state index contributed by atoms with van der Waals surface area (Å²) in [6.07, 6.45) is 9.15. The molecule has 2 atom stereocenters. The molecule has 5 nitrogen and oxygen atoms in total. The SMILES string of the molecule is CC1CCCC(CCNc2c(Br)cncc2[N+](=O)[O-])C1. The Morgan fingerprint density at radius 2 is 2.30 bits per heavy atom. The van der Waals surface area contributed by atoms with Gasteiger partial charge in [-0.2, -0.15) is 0 Å². The second-order valence-electron chi connectivity index (χ2n) is 5.63. The molecule has 20 heavy (non-hydrogen) atoms. The Morgan fingerprint density at radius 1 is 1.50 bits per heavy atom. The third-order valence-corrected chi connectivity index (χ3v) is 4.58. The van der Waals surface area contributed by atoms with Crippen LogP contribution in [-0.2, 0) is 0 Å². The van der Waals surface area contributed by atoms with Crippen molar-refractivity contribution < 1.29 is 4.92 Å². The Balaban J connectivity index is 1.92. The van der Waals surface area contributed by atoms with Crippen LogP contribution in [0.4, 0.5) is 11.4 Å². The predicted molar refractivity (Wildman–Crippen MR) is 82.8 cm³/mol. The van der Waals surface area contributed by atoms with Crippen LogP contribution < -0.4 is 5.32 Å². The van der Waals surface area contributed by atoms with Crippen molar-refractivity contribution in [2.75, 3.05) is 11.9 Å². The maximum absolute atomic E-state index is 11.0. The van der Waals surface area contributed by atoms with E-state index in [0.29, 0.717) is 10.2 Å². The molecule has 0 spiro atoms. The number of nitrogens with zero attached hydrogens (tertiary/aromatic N) is 2. The van der Waals surface area contributed by atoms with Gasteiger partial charge in [0.05, 0.1) is 9.40 Å². The highest BCUT2D eigenvalue weighted by Gasteiger charge is 2.20. The molecule has 110 valence electrons. The summed E-state index contributed by atoms with van der Waals surface area (Å²) in [7, 11) is 0. The molecule has 1 aromatic heterocycles. The minimum atomic E-state index is -0.400. The number of pyridine rings is 1. The van der Waals surface area contributed by atoms with Crippen LogP contribution >= 0.6 is 15.9 Å². The van der Waals surface area contributed by atoms with Crippen LogP contribution in [0.5, 0.6) is 0 Å². The van der Waals surface area contributed by atoms with Gasteiger partial charge in [-0.1, -0.05) is 26.2 Å². The van der Waals surface area contributed by atoms with Crippen molar-refractivity contribution >= 4 is 27.3 Å². The maximum Gasteiger partial charge on any atom is 0.311 e. The van der Waals surface area contributed by atoms with Crippen molar-refractivity contribution in [3.05, 3.63) is 27.0 Å². The molecule has 1 heterocycles. The van der Waals surface area contributed by atoms with Gasteiger partial charge in [0.2, 0.25) is 0 Å². The molecule has 0 bridgehead atoms. The molecule has 0 amide bonds. The Labute approximate surface area is 127 Å². The summed E-state index contributed by atoms with van der Waals surface area (Å²) >= 11 is 3.32. The molecule has 0 aromatic carbocycles. The van der Waals surface area contributed by atoms with Crippen LogP contribution in [0.15, 0.2) is 16.9 Å². The molecule has 1 aliphatic carbocycles. The fourth-order valence-electron chi connectivity index (χ4n) is 2.96. The van der Waals surface area contributed by atoms with Gasteiger partial charge in [-0.3, -0.25) is 15.1 Å².